The van der Waals surface area contributed by atoms with Crippen LogP contribution in [-0.4, -0.2) is 13.6 Å². The molecule has 0 saturated heterocycles. The molecule has 19 heavy (non-hydrogen) atoms. The summed E-state index contributed by atoms with van der Waals surface area (Å²) in [6.45, 7) is 5.41. The van der Waals surface area contributed by atoms with Crippen LogP contribution < -0.4 is 4.90 Å². The van der Waals surface area contributed by atoms with Crippen molar-refractivity contribution in [3.63, 3.8) is 0 Å². The Hall–Kier alpha value is -2.02. The lowest BCUT2D eigenvalue weighted by Crippen LogP contribution is -2.24. The zero-order valence-electron chi connectivity index (χ0n) is 11.4. The van der Waals surface area contributed by atoms with Crippen molar-refractivity contribution in [3.05, 3.63) is 71.8 Å². The molecule has 96 valence electrons. The van der Waals surface area contributed by atoms with E-state index in [0.29, 0.717) is 0 Å². The predicted molar refractivity (Wildman–Crippen MR) is 82.6 cm³/mol. The minimum atomic E-state index is 1.11. The van der Waals surface area contributed by atoms with Crippen LogP contribution in [0.15, 0.2) is 55.1 Å². The Bertz CT molecular complexity index is 598. The fourth-order valence-corrected chi connectivity index (χ4v) is 2.78. The van der Waals surface area contributed by atoms with E-state index in [-0.39, 0.29) is 0 Å². The third kappa shape index (κ3) is 2.28. The number of aryl methyl sites for hydroxylation is 1. The zero-order chi connectivity index (χ0) is 13.2. The van der Waals surface area contributed by atoms with Gasteiger partial charge in [-0.2, -0.15) is 0 Å². The van der Waals surface area contributed by atoms with E-state index in [4.69, 9.17) is 0 Å². The molecule has 0 aliphatic carbocycles. The summed E-state index contributed by atoms with van der Waals surface area (Å²) in [7, 11) is 2.17. The molecular weight excluding hydrogens is 230 g/mol. The third-order valence-corrected chi connectivity index (χ3v) is 3.90. The zero-order valence-corrected chi connectivity index (χ0v) is 11.4. The molecule has 3 rings (SSSR count). The Kier molecular flexibility index (Phi) is 3.12. The Morgan fingerprint density at radius 3 is 2.63 bits per heavy atom. The average Bonchev–Trinajstić information content (AvgIpc) is 2.47. The monoisotopic (exact) mass is 249 g/mol. The number of rotatable bonds is 2. The van der Waals surface area contributed by atoms with E-state index in [1.54, 1.807) is 0 Å². The summed E-state index contributed by atoms with van der Waals surface area (Å²) in [6, 6.07) is 17.1. The maximum absolute atomic E-state index is 4.25. The number of anilines is 1. The summed E-state index contributed by atoms with van der Waals surface area (Å²) in [5.41, 5.74) is 6.36. The maximum Gasteiger partial charge on any atom is 0.0396 e. The smallest absolute Gasteiger partial charge is 0.0396 e. The van der Waals surface area contributed by atoms with Crippen molar-refractivity contribution in [2.24, 2.45) is 0 Å². The minimum Gasteiger partial charge on any atom is -0.374 e. The lowest BCUT2D eigenvalue weighted by atomic mass is 9.94. The van der Waals surface area contributed by atoms with Crippen LogP contribution in [0.5, 0.6) is 0 Å². The number of benzene rings is 2. The molecule has 0 amide bonds. The van der Waals surface area contributed by atoms with E-state index in [1.165, 1.54) is 35.2 Å². The van der Waals surface area contributed by atoms with Gasteiger partial charge >= 0.3 is 0 Å². The second-order valence-corrected chi connectivity index (χ2v) is 5.21. The van der Waals surface area contributed by atoms with Gasteiger partial charge < -0.3 is 4.90 Å². The Balaban J connectivity index is 1.97. The van der Waals surface area contributed by atoms with Gasteiger partial charge in [0.1, 0.15) is 0 Å². The normalized spacial score (nSPS) is 14.1. The molecular formula is C18H19N. The fraction of sp³-hybridized carbons (Fsp3) is 0.222. The van der Waals surface area contributed by atoms with Crippen LogP contribution in [0.1, 0.15) is 23.1 Å². The summed E-state index contributed by atoms with van der Waals surface area (Å²) >= 11 is 0. The highest BCUT2D eigenvalue weighted by molar-refractivity contribution is 5.79. The van der Waals surface area contributed by atoms with Crippen LogP contribution in [0.2, 0.25) is 0 Å². The van der Waals surface area contributed by atoms with Crippen LogP contribution in [-0.2, 0) is 6.42 Å². The standard InChI is InChI=1S/C18H19N/c1-14(15-7-4-3-5-8-15)16-10-11-18-17(13-16)9-6-12-19(18)2/h3-5,7-8,10-11,13H,1,6,9,12H2,2H3. The first-order chi connectivity index (χ1) is 9.25. The van der Waals surface area contributed by atoms with Gasteiger partial charge in [-0.15, -0.1) is 0 Å². The molecule has 0 spiro atoms. The molecule has 0 fully saturated rings. The van der Waals surface area contributed by atoms with Crippen molar-refractivity contribution >= 4 is 11.3 Å². The van der Waals surface area contributed by atoms with E-state index < -0.39 is 0 Å². The van der Waals surface area contributed by atoms with Gasteiger partial charge in [0.25, 0.3) is 0 Å². The van der Waals surface area contributed by atoms with E-state index >= 15 is 0 Å². The van der Waals surface area contributed by atoms with Crippen LogP contribution in [0, 0.1) is 0 Å². The molecule has 0 unspecified atom stereocenters. The Morgan fingerprint density at radius 2 is 1.84 bits per heavy atom. The molecule has 0 N–H and O–H groups in total. The van der Waals surface area contributed by atoms with Gasteiger partial charge in [0, 0.05) is 19.3 Å². The summed E-state index contributed by atoms with van der Waals surface area (Å²) < 4.78 is 0. The average molecular weight is 249 g/mol. The van der Waals surface area contributed by atoms with Gasteiger partial charge in [0.2, 0.25) is 0 Å². The van der Waals surface area contributed by atoms with Crippen LogP contribution in [0.25, 0.3) is 5.57 Å². The second-order valence-electron chi connectivity index (χ2n) is 5.21. The summed E-state index contributed by atoms with van der Waals surface area (Å²) in [5, 5.41) is 0. The number of fused-ring (bicyclic) bond motifs is 1. The third-order valence-electron chi connectivity index (χ3n) is 3.90. The molecule has 0 atom stereocenters. The van der Waals surface area contributed by atoms with Crippen LogP contribution >= 0.6 is 0 Å². The van der Waals surface area contributed by atoms with E-state index in [1.807, 2.05) is 6.07 Å². The number of hydrogen-bond donors (Lipinski definition) is 0. The first kappa shape index (κ1) is 12.0. The second kappa shape index (κ2) is 4.93. The van der Waals surface area contributed by atoms with Crippen molar-refractivity contribution in [3.8, 4) is 0 Å². The molecule has 0 radical (unpaired) electrons. The lowest BCUT2D eigenvalue weighted by Gasteiger charge is -2.28. The Morgan fingerprint density at radius 1 is 1.05 bits per heavy atom. The molecule has 1 nitrogen and oxygen atoms in total. The highest BCUT2D eigenvalue weighted by Gasteiger charge is 2.14. The lowest BCUT2D eigenvalue weighted by molar-refractivity contribution is 0.744. The quantitative estimate of drug-likeness (QED) is 0.773. The highest BCUT2D eigenvalue weighted by Crippen LogP contribution is 2.30. The van der Waals surface area contributed by atoms with Gasteiger partial charge in [0.15, 0.2) is 0 Å². The summed E-state index contributed by atoms with van der Waals surface area (Å²) in [5.74, 6) is 0. The summed E-state index contributed by atoms with van der Waals surface area (Å²) in [6.07, 6.45) is 2.42. The van der Waals surface area contributed by atoms with Crippen molar-refractivity contribution in [2.45, 2.75) is 12.8 Å². The van der Waals surface area contributed by atoms with Crippen LogP contribution in [0.4, 0.5) is 5.69 Å². The van der Waals surface area contributed by atoms with E-state index in [0.717, 1.165) is 12.1 Å². The number of nitrogens with zero attached hydrogens (tertiary/aromatic N) is 1. The first-order valence-corrected chi connectivity index (χ1v) is 6.84. The van der Waals surface area contributed by atoms with E-state index in [9.17, 15) is 0 Å². The van der Waals surface area contributed by atoms with Crippen LogP contribution in [0.3, 0.4) is 0 Å². The van der Waals surface area contributed by atoms with Crippen molar-refractivity contribution in [1.82, 2.24) is 0 Å². The topological polar surface area (TPSA) is 3.24 Å². The highest BCUT2D eigenvalue weighted by atomic mass is 15.1. The molecule has 1 heteroatoms. The largest absolute Gasteiger partial charge is 0.374 e. The van der Waals surface area contributed by atoms with Gasteiger partial charge in [-0.25, -0.2) is 0 Å². The molecule has 2 aromatic rings. The van der Waals surface area contributed by atoms with Crippen molar-refractivity contribution in [1.29, 1.82) is 0 Å². The number of hydrogen-bond acceptors (Lipinski definition) is 1. The molecule has 0 saturated carbocycles. The van der Waals surface area contributed by atoms with E-state index in [2.05, 4.69) is 61.0 Å². The molecule has 2 aromatic carbocycles. The van der Waals surface area contributed by atoms with Crippen molar-refractivity contribution < 1.29 is 0 Å². The fourth-order valence-electron chi connectivity index (χ4n) is 2.78. The first-order valence-electron chi connectivity index (χ1n) is 6.84. The van der Waals surface area contributed by atoms with Gasteiger partial charge in [-0.1, -0.05) is 43.0 Å². The van der Waals surface area contributed by atoms with Crippen molar-refractivity contribution in [2.75, 3.05) is 18.5 Å². The molecule has 0 bridgehead atoms. The summed E-state index contributed by atoms with van der Waals surface area (Å²) in [4.78, 5) is 2.34. The predicted octanol–water partition coefficient (Wildman–Crippen LogP) is 4.13. The molecule has 1 aliphatic heterocycles. The van der Waals surface area contributed by atoms with Gasteiger partial charge in [0.05, 0.1) is 0 Å². The van der Waals surface area contributed by atoms with Gasteiger partial charge in [-0.3, -0.25) is 0 Å². The molecule has 1 aliphatic rings. The Labute approximate surface area is 115 Å². The maximum atomic E-state index is 4.25. The molecule has 0 aromatic heterocycles. The minimum absolute atomic E-state index is 1.11. The SMILES string of the molecule is C=C(c1ccccc1)c1ccc2c(c1)CCCN2C. The van der Waals surface area contributed by atoms with Gasteiger partial charge in [-0.05, 0) is 47.2 Å². The molecule has 1 heterocycles.